The second-order valence-corrected chi connectivity index (χ2v) is 2.33. The van der Waals surface area contributed by atoms with Crippen LogP contribution in [0, 0.1) is 6.92 Å². The van der Waals surface area contributed by atoms with E-state index in [-0.39, 0.29) is 5.78 Å². The van der Waals surface area contributed by atoms with Crippen LogP contribution in [0.5, 0.6) is 0 Å². The molecule has 57 valence electrons. The number of nitrogens with zero attached hydrogens (tertiary/aromatic N) is 1. The van der Waals surface area contributed by atoms with E-state index in [0.717, 1.165) is 5.56 Å². The van der Waals surface area contributed by atoms with Gasteiger partial charge in [-0.05, 0) is 24.6 Å². The van der Waals surface area contributed by atoms with Crippen LogP contribution in [0.3, 0.4) is 0 Å². The number of aromatic nitrogens is 1. The lowest BCUT2D eigenvalue weighted by atomic mass is 10.2. The number of ketones is 1. The van der Waals surface area contributed by atoms with Gasteiger partial charge in [-0.25, -0.2) is 0 Å². The van der Waals surface area contributed by atoms with Crippen LogP contribution in [0.15, 0.2) is 18.3 Å². The van der Waals surface area contributed by atoms with Crippen LogP contribution in [0.25, 0.3) is 0 Å². The van der Waals surface area contributed by atoms with E-state index >= 15 is 0 Å². The molecule has 0 fully saturated rings. The summed E-state index contributed by atoms with van der Waals surface area (Å²) in [6.45, 7) is 5.52. The highest BCUT2D eigenvalue weighted by Crippen LogP contribution is 2.02. The van der Waals surface area contributed by atoms with Crippen molar-refractivity contribution in [3.05, 3.63) is 36.5 Å². The standard InChI is InChI=1S/C9H10NO/c1-3-9(11)8-6-7(2)4-5-10-8/h4-6H,2-3H2,1H3. The van der Waals surface area contributed by atoms with Crippen molar-refractivity contribution in [2.24, 2.45) is 0 Å². The fourth-order valence-electron chi connectivity index (χ4n) is 0.808. The van der Waals surface area contributed by atoms with E-state index in [2.05, 4.69) is 11.9 Å². The molecule has 0 N–H and O–H groups in total. The summed E-state index contributed by atoms with van der Waals surface area (Å²) in [6, 6.07) is 3.47. The van der Waals surface area contributed by atoms with Crippen LogP contribution in [-0.4, -0.2) is 10.8 Å². The highest BCUT2D eigenvalue weighted by Gasteiger charge is 2.02. The Morgan fingerprint density at radius 3 is 3.00 bits per heavy atom. The molecule has 2 heteroatoms. The molecule has 1 heterocycles. The predicted octanol–water partition coefficient (Wildman–Crippen LogP) is 1.86. The first kappa shape index (κ1) is 7.92. The minimum Gasteiger partial charge on any atom is -0.292 e. The molecule has 1 aromatic heterocycles. The van der Waals surface area contributed by atoms with E-state index in [1.807, 2.05) is 6.92 Å². The lowest BCUT2D eigenvalue weighted by Crippen LogP contribution is -1.99. The summed E-state index contributed by atoms with van der Waals surface area (Å²) in [5.41, 5.74) is 1.34. The molecule has 0 aliphatic carbocycles. The lowest BCUT2D eigenvalue weighted by Gasteiger charge is -1.96. The minimum atomic E-state index is 0.0653. The first-order valence-corrected chi connectivity index (χ1v) is 3.55. The third-order valence-electron chi connectivity index (χ3n) is 1.43. The molecule has 0 aliphatic rings. The molecule has 2 nitrogen and oxygen atoms in total. The quantitative estimate of drug-likeness (QED) is 0.599. The maximum Gasteiger partial charge on any atom is 0.180 e. The van der Waals surface area contributed by atoms with Crippen molar-refractivity contribution in [3.8, 4) is 0 Å². The third kappa shape index (κ3) is 1.87. The van der Waals surface area contributed by atoms with Crippen molar-refractivity contribution in [3.63, 3.8) is 0 Å². The van der Waals surface area contributed by atoms with E-state index in [0.29, 0.717) is 12.1 Å². The van der Waals surface area contributed by atoms with Crippen LogP contribution in [0.1, 0.15) is 29.4 Å². The Balaban J connectivity index is 2.96. The van der Waals surface area contributed by atoms with Gasteiger partial charge in [-0.2, -0.15) is 0 Å². The molecule has 1 radical (unpaired) electrons. The molecule has 1 rings (SSSR count). The molecule has 1 aromatic rings. The van der Waals surface area contributed by atoms with Gasteiger partial charge in [0.25, 0.3) is 0 Å². The van der Waals surface area contributed by atoms with E-state index in [1.54, 1.807) is 18.3 Å². The predicted molar refractivity (Wildman–Crippen MR) is 43.3 cm³/mol. The van der Waals surface area contributed by atoms with Crippen LogP contribution < -0.4 is 0 Å². The molecule has 0 bridgehead atoms. The van der Waals surface area contributed by atoms with E-state index in [1.165, 1.54) is 0 Å². The van der Waals surface area contributed by atoms with E-state index in [4.69, 9.17) is 0 Å². The van der Waals surface area contributed by atoms with Crippen LogP contribution >= 0.6 is 0 Å². The highest BCUT2D eigenvalue weighted by atomic mass is 16.1. The maximum atomic E-state index is 11.1. The molecular weight excluding hydrogens is 138 g/mol. The van der Waals surface area contributed by atoms with Gasteiger partial charge in [0.15, 0.2) is 5.78 Å². The largest absolute Gasteiger partial charge is 0.292 e. The maximum absolute atomic E-state index is 11.1. The van der Waals surface area contributed by atoms with Crippen molar-refractivity contribution < 1.29 is 4.79 Å². The Labute approximate surface area is 66.3 Å². The molecule has 0 saturated heterocycles. The van der Waals surface area contributed by atoms with Gasteiger partial charge in [-0.15, -0.1) is 0 Å². The Hall–Kier alpha value is -1.18. The summed E-state index contributed by atoms with van der Waals surface area (Å²) in [5, 5.41) is 0. The van der Waals surface area contributed by atoms with Gasteiger partial charge in [-0.1, -0.05) is 6.92 Å². The molecule has 0 aliphatic heterocycles. The summed E-state index contributed by atoms with van der Waals surface area (Å²) in [5.74, 6) is 0.0653. The average molecular weight is 148 g/mol. The number of hydrogen-bond donors (Lipinski definition) is 0. The normalized spacial score (nSPS) is 9.64. The number of pyridine rings is 1. The van der Waals surface area contributed by atoms with Crippen molar-refractivity contribution >= 4 is 5.78 Å². The van der Waals surface area contributed by atoms with Crippen molar-refractivity contribution in [1.82, 2.24) is 4.98 Å². The molecule has 0 saturated carbocycles. The topological polar surface area (TPSA) is 30.0 Å². The highest BCUT2D eigenvalue weighted by molar-refractivity contribution is 5.94. The second kappa shape index (κ2) is 3.28. The van der Waals surface area contributed by atoms with Crippen molar-refractivity contribution in [1.29, 1.82) is 0 Å². The van der Waals surface area contributed by atoms with Gasteiger partial charge in [-0.3, -0.25) is 9.78 Å². The molecule has 0 unspecified atom stereocenters. The summed E-state index contributed by atoms with van der Waals surface area (Å²) in [4.78, 5) is 15.0. The zero-order valence-corrected chi connectivity index (χ0v) is 6.50. The fourth-order valence-corrected chi connectivity index (χ4v) is 0.808. The average Bonchev–Trinajstić information content (AvgIpc) is 2.03. The van der Waals surface area contributed by atoms with Gasteiger partial charge < -0.3 is 0 Å². The van der Waals surface area contributed by atoms with Gasteiger partial charge in [0.2, 0.25) is 0 Å². The molecular formula is C9H10NO. The molecule has 0 aromatic carbocycles. The number of rotatable bonds is 2. The van der Waals surface area contributed by atoms with Gasteiger partial charge in [0.1, 0.15) is 5.69 Å². The van der Waals surface area contributed by atoms with Crippen molar-refractivity contribution in [2.75, 3.05) is 0 Å². The first-order valence-electron chi connectivity index (χ1n) is 3.55. The van der Waals surface area contributed by atoms with Gasteiger partial charge in [0.05, 0.1) is 0 Å². The Bertz CT molecular complexity index is 268. The van der Waals surface area contributed by atoms with Gasteiger partial charge in [0, 0.05) is 12.6 Å². The Morgan fingerprint density at radius 2 is 2.45 bits per heavy atom. The van der Waals surface area contributed by atoms with Crippen LogP contribution in [0.2, 0.25) is 0 Å². The van der Waals surface area contributed by atoms with Crippen LogP contribution in [-0.2, 0) is 0 Å². The number of carbonyl (C=O) groups is 1. The fraction of sp³-hybridized carbons (Fsp3) is 0.222. The molecule has 11 heavy (non-hydrogen) atoms. The number of Topliss-reactive ketones (excluding diaryl/α,β-unsaturated/α-hetero) is 1. The zero-order chi connectivity index (χ0) is 8.27. The lowest BCUT2D eigenvalue weighted by molar-refractivity contribution is 0.0983. The number of hydrogen-bond acceptors (Lipinski definition) is 2. The van der Waals surface area contributed by atoms with Crippen LogP contribution in [0.4, 0.5) is 0 Å². The molecule has 0 spiro atoms. The van der Waals surface area contributed by atoms with Gasteiger partial charge >= 0.3 is 0 Å². The van der Waals surface area contributed by atoms with E-state index < -0.39 is 0 Å². The smallest absolute Gasteiger partial charge is 0.180 e. The SMILES string of the molecule is [CH2]c1ccnc(C(=O)CC)c1. The number of carbonyl (C=O) groups excluding carboxylic acids is 1. The Morgan fingerprint density at radius 1 is 1.73 bits per heavy atom. The van der Waals surface area contributed by atoms with E-state index in [9.17, 15) is 4.79 Å². The third-order valence-corrected chi connectivity index (χ3v) is 1.43. The first-order chi connectivity index (χ1) is 5.24. The molecule has 0 atom stereocenters. The minimum absolute atomic E-state index is 0.0653. The van der Waals surface area contributed by atoms with Crippen molar-refractivity contribution in [2.45, 2.75) is 13.3 Å². The summed E-state index contributed by atoms with van der Waals surface area (Å²) in [7, 11) is 0. The monoisotopic (exact) mass is 148 g/mol. The second-order valence-electron chi connectivity index (χ2n) is 2.33. The summed E-state index contributed by atoms with van der Waals surface area (Å²) < 4.78 is 0. The summed E-state index contributed by atoms with van der Waals surface area (Å²) in [6.07, 6.45) is 2.10. The summed E-state index contributed by atoms with van der Waals surface area (Å²) >= 11 is 0. The Kier molecular flexibility index (Phi) is 2.36. The zero-order valence-electron chi connectivity index (χ0n) is 6.50. The molecule has 0 amide bonds.